The van der Waals surface area contributed by atoms with E-state index in [4.69, 9.17) is 0 Å². The number of aryl methyl sites for hydroxylation is 3. The maximum Gasteiger partial charge on any atom is 0.169 e. The lowest BCUT2D eigenvalue weighted by Crippen LogP contribution is -2.10. The molecule has 0 aliphatic rings. The lowest BCUT2D eigenvalue weighted by atomic mass is 10.00. The minimum atomic E-state index is 0.110. The molecule has 0 N–H and O–H groups in total. The Morgan fingerprint density at radius 1 is 1.11 bits per heavy atom. The van der Waals surface area contributed by atoms with Gasteiger partial charge in [-0.3, -0.25) is 4.79 Å². The van der Waals surface area contributed by atoms with E-state index >= 15 is 0 Å². The zero-order valence-electron chi connectivity index (χ0n) is 11.6. The van der Waals surface area contributed by atoms with E-state index in [-0.39, 0.29) is 5.78 Å². The van der Waals surface area contributed by atoms with Crippen LogP contribution < -0.4 is 0 Å². The normalized spacial score (nSPS) is 10.5. The molecule has 2 rings (SSSR count). The van der Waals surface area contributed by atoms with Gasteiger partial charge in [0.05, 0.1) is 11.4 Å². The number of carbonyl (C=O) groups excluding carboxylic acids is 1. The van der Waals surface area contributed by atoms with Crippen LogP contribution in [-0.2, 0) is 12.8 Å². The van der Waals surface area contributed by atoms with Crippen molar-refractivity contribution in [1.29, 1.82) is 0 Å². The van der Waals surface area contributed by atoms with E-state index in [9.17, 15) is 4.79 Å². The fourth-order valence-electron chi connectivity index (χ4n) is 2.00. The summed E-state index contributed by atoms with van der Waals surface area (Å²) in [6, 6.07) is 9.89. The molecule has 0 amide bonds. The molecule has 0 saturated heterocycles. The maximum absolute atomic E-state index is 12.4. The van der Waals surface area contributed by atoms with Gasteiger partial charge in [0.2, 0.25) is 0 Å². The number of hydrogen-bond acceptors (Lipinski definition) is 3. The third-order valence-electron chi connectivity index (χ3n) is 3.11. The molecule has 0 bridgehead atoms. The van der Waals surface area contributed by atoms with Crippen LogP contribution in [0.2, 0.25) is 0 Å². The summed E-state index contributed by atoms with van der Waals surface area (Å²) >= 11 is 0. The number of carbonyl (C=O) groups is 1. The highest BCUT2D eigenvalue weighted by atomic mass is 16.1. The van der Waals surface area contributed by atoms with Crippen molar-refractivity contribution >= 4 is 5.78 Å². The zero-order chi connectivity index (χ0) is 13.8. The van der Waals surface area contributed by atoms with Crippen molar-refractivity contribution in [2.24, 2.45) is 0 Å². The van der Waals surface area contributed by atoms with Crippen molar-refractivity contribution in [3.8, 4) is 0 Å². The smallest absolute Gasteiger partial charge is 0.169 e. The molecule has 98 valence electrons. The van der Waals surface area contributed by atoms with E-state index < -0.39 is 0 Å². The minimum Gasteiger partial charge on any atom is -0.294 e. The molecular formula is C16H18N2O. The molecule has 0 aliphatic carbocycles. The first kappa shape index (κ1) is 13.4. The molecule has 2 aromatic rings. The number of aromatic nitrogens is 2. The summed E-state index contributed by atoms with van der Waals surface area (Å²) in [7, 11) is 0. The molecule has 0 aliphatic heterocycles. The molecule has 0 spiro atoms. The highest BCUT2D eigenvalue weighted by molar-refractivity contribution is 5.98. The standard InChI is InChI=1S/C16H18N2O/c1-4-15-14(9-12(3)17-18-15)16(19)10-13-7-5-11(2)6-8-13/h5-9H,4,10H2,1-3H3. The van der Waals surface area contributed by atoms with Gasteiger partial charge < -0.3 is 0 Å². The Morgan fingerprint density at radius 3 is 2.42 bits per heavy atom. The first-order chi connectivity index (χ1) is 9.10. The Balaban J connectivity index is 2.24. The molecular weight excluding hydrogens is 236 g/mol. The fourth-order valence-corrected chi connectivity index (χ4v) is 2.00. The van der Waals surface area contributed by atoms with Gasteiger partial charge in [0.25, 0.3) is 0 Å². The molecule has 0 fully saturated rings. The first-order valence-corrected chi connectivity index (χ1v) is 6.52. The van der Waals surface area contributed by atoms with Crippen LogP contribution in [0.5, 0.6) is 0 Å². The van der Waals surface area contributed by atoms with Gasteiger partial charge in [-0.2, -0.15) is 10.2 Å². The van der Waals surface area contributed by atoms with Gasteiger partial charge in [-0.05, 0) is 31.9 Å². The second kappa shape index (κ2) is 5.74. The van der Waals surface area contributed by atoms with Gasteiger partial charge in [0.15, 0.2) is 5.78 Å². The molecule has 1 aromatic heterocycles. The van der Waals surface area contributed by atoms with Crippen LogP contribution >= 0.6 is 0 Å². The number of benzene rings is 1. The Kier molecular flexibility index (Phi) is 4.05. The van der Waals surface area contributed by atoms with E-state index in [1.54, 1.807) is 0 Å². The molecule has 0 radical (unpaired) electrons. The zero-order valence-corrected chi connectivity index (χ0v) is 11.6. The highest BCUT2D eigenvalue weighted by Crippen LogP contribution is 2.13. The summed E-state index contributed by atoms with van der Waals surface area (Å²) in [6.45, 7) is 5.88. The maximum atomic E-state index is 12.4. The van der Waals surface area contributed by atoms with E-state index in [2.05, 4.69) is 10.2 Å². The summed E-state index contributed by atoms with van der Waals surface area (Å²) in [5.41, 5.74) is 4.50. The van der Waals surface area contributed by atoms with E-state index in [1.165, 1.54) is 5.56 Å². The van der Waals surface area contributed by atoms with Crippen LogP contribution in [0, 0.1) is 13.8 Å². The molecule has 19 heavy (non-hydrogen) atoms. The average molecular weight is 254 g/mol. The number of Topliss-reactive ketones (excluding diaryl/α,β-unsaturated/α-hetero) is 1. The molecule has 3 heteroatoms. The second-order valence-corrected chi connectivity index (χ2v) is 4.79. The average Bonchev–Trinajstić information content (AvgIpc) is 2.41. The van der Waals surface area contributed by atoms with Crippen LogP contribution in [-0.4, -0.2) is 16.0 Å². The number of rotatable bonds is 4. The van der Waals surface area contributed by atoms with Gasteiger partial charge in [-0.15, -0.1) is 0 Å². The summed E-state index contributed by atoms with van der Waals surface area (Å²) in [6.07, 6.45) is 1.14. The van der Waals surface area contributed by atoms with Gasteiger partial charge in [0.1, 0.15) is 0 Å². The number of nitrogens with zero attached hydrogens (tertiary/aromatic N) is 2. The van der Waals surface area contributed by atoms with Gasteiger partial charge in [-0.25, -0.2) is 0 Å². The Hall–Kier alpha value is -2.03. The predicted octanol–water partition coefficient (Wildman–Crippen LogP) is 3.08. The van der Waals surface area contributed by atoms with Gasteiger partial charge in [-0.1, -0.05) is 36.8 Å². The van der Waals surface area contributed by atoms with E-state index in [1.807, 2.05) is 51.1 Å². The highest BCUT2D eigenvalue weighted by Gasteiger charge is 2.13. The molecule has 1 heterocycles. The van der Waals surface area contributed by atoms with Crippen LogP contribution in [0.4, 0.5) is 0 Å². The number of hydrogen-bond donors (Lipinski definition) is 0. The SMILES string of the molecule is CCc1nnc(C)cc1C(=O)Cc1ccc(C)cc1. The van der Waals surface area contributed by atoms with Crippen LogP contribution in [0.15, 0.2) is 30.3 Å². The lowest BCUT2D eigenvalue weighted by molar-refractivity contribution is 0.0991. The fraction of sp³-hybridized carbons (Fsp3) is 0.312. The quantitative estimate of drug-likeness (QED) is 0.787. The summed E-state index contributed by atoms with van der Waals surface area (Å²) < 4.78 is 0. The van der Waals surface area contributed by atoms with Crippen LogP contribution in [0.25, 0.3) is 0 Å². The van der Waals surface area contributed by atoms with E-state index in [0.29, 0.717) is 12.0 Å². The summed E-state index contributed by atoms with van der Waals surface area (Å²) in [5.74, 6) is 0.110. The Bertz CT molecular complexity index is 588. The van der Waals surface area contributed by atoms with Crippen molar-refractivity contribution < 1.29 is 4.79 Å². The third-order valence-corrected chi connectivity index (χ3v) is 3.11. The summed E-state index contributed by atoms with van der Waals surface area (Å²) in [5, 5.41) is 8.11. The van der Waals surface area contributed by atoms with Crippen molar-refractivity contribution in [1.82, 2.24) is 10.2 Å². The van der Waals surface area contributed by atoms with Crippen molar-refractivity contribution in [3.05, 3.63) is 58.4 Å². The molecule has 1 aromatic carbocycles. The van der Waals surface area contributed by atoms with E-state index in [0.717, 1.165) is 23.4 Å². The van der Waals surface area contributed by atoms with Gasteiger partial charge in [0, 0.05) is 12.0 Å². The van der Waals surface area contributed by atoms with Crippen LogP contribution in [0.1, 0.15) is 39.8 Å². The van der Waals surface area contributed by atoms with Crippen molar-refractivity contribution in [3.63, 3.8) is 0 Å². The lowest BCUT2D eigenvalue weighted by Gasteiger charge is -2.06. The molecule has 0 saturated carbocycles. The largest absolute Gasteiger partial charge is 0.294 e. The Labute approximate surface area is 113 Å². The molecule has 0 unspecified atom stereocenters. The summed E-state index contributed by atoms with van der Waals surface area (Å²) in [4.78, 5) is 12.4. The minimum absolute atomic E-state index is 0.110. The van der Waals surface area contributed by atoms with Crippen molar-refractivity contribution in [2.75, 3.05) is 0 Å². The van der Waals surface area contributed by atoms with Gasteiger partial charge >= 0.3 is 0 Å². The predicted molar refractivity (Wildman–Crippen MR) is 75.4 cm³/mol. The third kappa shape index (κ3) is 3.25. The number of ketones is 1. The molecule has 3 nitrogen and oxygen atoms in total. The Morgan fingerprint density at radius 2 is 1.79 bits per heavy atom. The first-order valence-electron chi connectivity index (χ1n) is 6.52. The topological polar surface area (TPSA) is 42.9 Å². The van der Waals surface area contributed by atoms with Crippen molar-refractivity contribution in [2.45, 2.75) is 33.6 Å². The second-order valence-electron chi connectivity index (χ2n) is 4.79. The monoisotopic (exact) mass is 254 g/mol. The molecule has 0 atom stereocenters. The van der Waals surface area contributed by atoms with Crippen LogP contribution in [0.3, 0.4) is 0 Å².